The monoisotopic (exact) mass is 146 g/mol. The lowest BCUT2D eigenvalue weighted by Crippen LogP contribution is -2.18. The van der Waals surface area contributed by atoms with Crippen LogP contribution in [0.1, 0.15) is 32.6 Å². The predicted molar refractivity (Wildman–Crippen MR) is 41.5 cm³/mol. The lowest BCUT2D eigenvalue weighted by molar-refractivity contribution is 0.114. The van der Waals surface area contributed by atoms with Crippen LogP contribution in [0.3, 0.4) is 0 Å². The third kappa shape index (κ3) is 2.59. The van der Waals surface area contributed by atoms with Crippen molar-refractivity contribution < 1.29 is 4.74 Å². The van der Waals surface area contributed by atoms with Crippen LogP contribution in [0.4, 0.5) is 0 Å². The van der Waals surface area contributed by atoms with Crippen molar-refractivity contribution in [2.24, 2.45) is 0 Å². The van der Waals surface area contributed by atoms with Gasteiger partial charge in [-0.2, -0.15) is 0 Å². The van der Waals surface area contributed by atoms with Crippen molar-refractivity contribution in [3.8, 4) is 0 Å². The summed E-state index contributed by atoms with van der Waals surface area (Å²) >= 11 is 1.93. The van der Waals surface area contributed by atoms with Gasteiger partial charge in [-0.15, -0.1) is 11.8 Å². The van der Waals surface area contributed by atoms with Crippen molar-refractivity contribution in [2.45, 2.75) is 38.0 Å². The molecule has 1 rings (SSSR count). The number of ether oxygens (including phenoxy) is 1. The van der Waals surface area contributed by atoms with Gasteiger partial charge < -0.3 is 4.74 Å². The predicted octanol–water partition coefficient (Wildman–Crippen LogP) is 2.61. The molecule has 1 atom stereocenters. The Morgan fingerprint density at radius 2 is 2.33 bits per heavy atom. The van der Waals surface area contributed by atoms with E-state index in [1.807, 2.05) is 11.8 Å². The number of unbranched alkanes of at least 4 members (excludes halogenated alkanes) is 2. The van der Waals surface area contributed by atoms with Crippen LogP contribution in [0.15, 0.2) is 0 Å². The molecule has 1 fully saturated rings. The molecule has 1 saturated heterocycles. The van der Waals surface area contributed by atoms with Gasteiger partial charge in [0.2, 0.25) is 0 Å². The number of thioether (sulfide) groups is 1. The van der Waals surface area contributed by atoms with E-state index in [2.05, 4.69) is 6.92 Å². The molecule has 0 saturated carbocycles. The molecule has 1 aliphatic rings. The number of hydrogen-bond acceptors (Lipinski definition) is 2. The fourth-order valence-corrected chi connectivity index (χ4v) is 1.55. The Hall–Kier alpha value is 0.310. The van der Waals surface area contributed by atoms with Gasteiger partial charge in [0.05, 0.1) is 5.94 Å². The highest BCUT2D eigenvalue weighted by Crippen LogP contribution is 2.28. The van der Waals surface area contributed by atoms with Gasteiger partial charge in [0.1, 0.15) is 5.44 Å². The fourth-order valence-electron chi connectivity index (χ4n) is 0.892. The van der Waals surface area contributed by atoms with Crippen molar-refractivity contribution in [1.29, 1.82) is 0 Å². The molecule has 0 aliphatic carbocycles. The number of rotatable bonds is 4. The van der Waals surface area contributed by atoms with Crippen LogP contribution in [0, 0.1) is 0 Å². The summed E-state index contributed by atoms with van der Waals surface area (Å²) in [5.41, 5.74) is 0.552. The van der Waals surface area contributed by atoms with Crippen LogP contribution >= 0.6 is 11.8 Å². The van der Waals surface area contributed by atoms with Crippen molar-refractivity contribution in [3.05, 3.63) is 0 Å². The lowest BCUT2D eigenvalue weighted by atomic mass is 10.2. The molecule has 0 aromatic heterocycles. The average Bonchev–Trinajstić information content (AvgIpc) is 1.76. The normalized spacial score (nSPS) is 25.7. The summed E-state index contributed by atoms with van der Waals surface area (Å²) in [6, 6.07) is 0. The fraction of sp³-hybridized carbons (Fsp3) is 1.00. The first-order chi connectivity index (χ1) is 4.43. The summed E-state index contributed by atoms with van der Waals surface area (Å²) < 4.78 is 5.24. The molecule has 0 spiro atoms. The molecule has 1 unspecified atom stereocenters. The van der Waals surface area contributed by atoms with Crippen molar-refractivity contribution >= 4 is 11.8 Å². The third-order valence-electron chi connectivity index (χ3n) is 1.55. The molecule has 0 radical (unpaired) electrons. The second kappa shape index (κ2) is 4.18. The van der Waals surface area contributed by atoms with Gasteiger partial charge in [-0.25, -0.2) is 0 Å². The molecule has 0 aromatic carbocycles. The van der Waals surface area contributed by atoms with Crippen LogP contribution in [0.2, 0.25) is 0 Å². The third-order valence-corrected chi connectivity index (χ3v) is 2.57. The van der Waals surface area contributed by atoms with E-state index >= 15 is 0 Å². The van der Waals surface area contributed by atoms with Gasteiger partial charge in [0.15, 0.2) is 0 Å². The average molecular weight is 146 g/mol. The maximum Gasteiger partial charge on any atom is 0.106 e. The molecule has 0 amide bonds. The molecule has 2 heteroatoms. The zero-order valence-corrected chi connectivity index (χ0v) is 6.75. The van der Waals surface area contributed by atoms with E-state index in [-0.39, 0.29) is 0 Å². The van der Waals surface area contributed by atoms with Crippen LogP contribution in [-0.2, 0) is 4.74 Å². The molecule has 1 nitrogen and oxygen atoms in total. The summed E-state index contributed by atoms with van der Waals surface area (Å²) in [4.78, 5) is 0. The molecule has 0 N–H and O–H groups in total. The Balaban J connectivity index is 1.80. The van der Waals surface area contributed by atoms with E-state index in [1.165, 1.54) is 25.7 Å². The highest BCUT2D eigenvalue weighted by molar-refractivity contribution is 8.00. The van der Waals surface area contributed by atoms with E-state index in [0.29, 0.717) is 5.44 Å². The van der Waals surface area contributed by atoms with Gasteiger partial charge in [-0.3, -0.25) is 0 Å². The van der Waals surface area contributed by atoms with Gasteiger partial charge in [0.25, 0.3) is 0 Å². The Morgan fingerprint density at radius 3 is 2.78 bits per heavy atom. The summed E-state index contributed by atoms with van der Waals surface area (Å²) in [6.45, 7) is 2.23. The van der Waals surface area contributed by atoms with Gasteiger partial charge in [-0.05, 0) is 6.42 Å². The van der Waals surface area contributed by atoms with Gasteiger partial charge >= 0.3 is 0 Å². The molecule has 1 heterocycles. The molecule has 54 valence electrons. The maximum absolute atomic E-state index is 5.24. The van der Waals surface area contributed by atoms with Crippen LogP contribution in [0.5, 0.6) is 0 Å². The highest BCUT2D eigenvalue weighted by Gasteiger charge is 2.17. The minimum Gasteiger partial charge on any atom is -0.357 e. The van der Waals surface area contributed by atoms with Crippen LogP contribution < -0.4 is 0 Å². The SMILES string of the molecule is CCCCCC1OCS1. The molecule has 0 bridgehead atoms. The van der Waals surface area contributed by atoms with E-state index in [0.717, 1.165) is 5.94 Å². The second-order valence-corrected chi connectivity index (χ2v) is 3.47. The Labute approximate surface area is 61.2 Å². The minimum atomic E-state index is 0.552. The van der Waals surface area contributed by atoms with Crippen LogP contribution in [0.25, 0.3) is 0 Å². The first-order valence-corrected chi connectivity index (χ1v) is 4.71. The van der Waals surface area contributed by atoms with Crippen LogP contribution in [-0.4, -0.2) is 11.4 Å². The Bertz CT molecular complexity index is 71.3. The van der Waals surface area contributed by atoms with E-state index < -0.39 is 0 Å². The molecule has 1 aliphatic heterocycles. The zero-order valence-electron chi connectivity index (χ0n) is 5.93. The van der Waals surface area contributed by atoms with E-state index in [1.54, 1.807) is 0 Å². The van der Waals surface area contributed by atoms with Gasteiger partial charge in [0, 0.05) is 0 Å². The first kappa shape index (κ1) is 7.42. The second-order valence-electron chi connectivity index (χ2n) is 2.38. The van der Waals surface area contributed by atoms with Gasteiger partial charge in [-0.1, -0.05) is 26.2 Å². The molecule has 0 aromatic rings. The largest absolute Gasteiger partial charge is 0.357 e. The number of hydrogen-bond donors (Lipinski definition) is 0. The van der Waals surface area contributed by atoms with Crippen molar-refractivity contribution in [1.82, 2.24) is 0 Å². The van der Waals surface area contributed by atoms with E-state index in [4.69, 9.17) is 4.74 Å². The summed E-state index contributed by atoms with van der Waals surface area (Å²) in [5, 5.41) is 0. The molecular formula is C7H14OS. The highest BCUT2D eigenvalue weighted by atomic mass is 32.2. The Morgan fingerprint density at radius 1 is 1.56 bits per heavy atom. The van der Waals surface area contributed by atoms with E-state index in [9.17, 15) is 0 Å². The first-order valence-electron chi connectivity index (χ1n) is 3.66. The van der Waals surface area contributed by atoms with Crippen molar-refractivity contribution in [2.75, 3.05) is 5.94 Å². The molecule has 9 heavy (non-hydrogen) atoms. The zero-order chi connectivity index (χ0) is 6.53. The standard InChI is InChI=1S/C7H14OS/c1-2-3-4-5-7-8-6-9-7/h7H,2-6H2,1H3. The lowest BCUT2D eigenvalue weighted by Gasteiger charge is -2.25. The minimum absolute atomic E-state index is 0.552. The molecular weight excluding hydrogens is 132 g/mol. The summed E-state index contributed by atoms with van der Waals surface area (Å²) in [7, 11) is 0. The van der Waals surface area contributed by atoms with Crippen molar-refractivity contribution in [3.63, 3.8) is 0 Å². The maximum atomic E-state index is 5.24. The Kier molecular flexibility index (Phi) is 3.44. The smallest absolute Gasteiger partial charge is 0.106 e. The summed E-state index contributed by atoms with van der Waals surface area (Å²) in [6.07, 6.45) is 5.28. The summed E-state index contributed by atoms with van der Waals surface area (Å²) in [5.74, 6) is 0.927. The topological polar surface area (TPSA) is 9.23 Å². The quantitative estimate of drug-likeness (QED) is 0.564.